The van der Waals surface area contributed by atoms with Crippen LogP contribution in [0, 0.1) is 0 Å². The van der Waals surface area contributed by atoms with Gasteiger partial charge in [0.2, 0.25) is 0 Å². The SMILES string of the molecule is O=C(NCCCCc1ccc(-n2ncccc2=O)cc1)c1cccnc1. The lowest BCUT2D eigenvalue weighted by Gasteiger charge is -2.07. The van der Waals surface area contributed by atoms with Crippen LogP contribution in [0.4, 0.5) is 0 Å². The van der Waals surface area contributed by atoms with Crippen molar-refractivity contribution in [1.29, 1.82) is 0 Å². The number of nitrogens with zero attached hydrogens (tertiary/aromatic N) is 3. The summed E-state index contributed by atoms with van der Waals surface area (Å²) in [5.74, 6) is -0.0942. The van der Waals surface area contributed by atoms with Crippen LogP contribution in [0.15, 0.2) is 71.9 Å². The topological polar surface area (TPSA) is 76.9 Å². The predicted molar refractivity (Wildman–Crippen MR) is 99.3 cm³/mol. The maximum Gasteiger partial charge on any atom is 0.271 e. The van der Waals surface area contributed by atoms with E-state index in [4.69, 9.17) is 0 Å². The number of hydrogen-bond acceptors (Lipinski definition) is 4. The van der Waals surface area contributed by atoms with Crippen LogP contribution in [0.1, 0.15) is 28.8 Å². The van der Waals surface area contributed by atoms with Crippen molar-refractivity contribution in [2.24, 2.45) is 0 Å². The van der Waals surface area contributed by atoms with Crippen molar-refractivity contribution >= 4 is 5.91 Å². The minimum atomic E-state index is -0.149. The molecule has 0 aliphatic rings. The van der Waals surface area contributed by atoms with Gasteiger partial charge in [0.25, 0.3) is 11.5 Å². The third-order valence-corrected chi connectivity index (χ3v) is 4.00. The van der Waals surface area contributed by atoms with E-state index in [1.54, 1.807) is 36.8 Å². The highest BCUT2D eigenvalue weighted by Gasteiger charge is 2.04. The Kier molecular flexibility index (Phi) is 5.88. The van der Waals surface area contributed by atoms with E-state index >= 15 is 0 Å². The molecule has 0 bridgehead atoms. The largest absolute Gasteiger partial charge is 0.352 e. The number of nitrogens with one attached hydrogen (secondary N) is 1. The van der Waals surface area contributed by atoms with Gasteiger partial charge in [0.05, 0.1) is 11.3 Å². The fourth-order valence-corrected chi connectivity index (χ4v) is 2.61. The Labute approximate surface area is 151 Å². The van der Waals surface area contributed by atoms with Crippen LogP contribution in [0.3, 0.4) is 0 Å². The Balaban J connectivity index is 1.43. The van der Waals surface area contributed by atoms with Crippen LogP contribution in [-0.4, -0.2) is 27.2 Å². The number of aromatic nitrogens is 3. The van der Waals surface area contributed by atoms with Crippen molar-refractivity contribution in [3.63, 3.8) is 0 Å². The summed E-state index contributed by atoms with van der Waals surface area (Å²) in [7, 11) is 0. The van der Waals surface area contributed by atoms with Crippen molar-refractivity contribution in [3.05, 3.63) is 88.6 Å². The van der Waals surface area contributed by atoms with Crippen LogP contribution in [-0.2, 0) is 6.42 Å². The van der Waals surface area contributed by atoms with Crippen molar-refractivity contribution in [2.45, 2.75) is 19.3 Å². The van der Waals surface area contributed by atoms with Crippen LogP contribution in [0.25, 0.3) is 5.69 Å². The number of unbranched alkanes of at least 4 members (excludes halogenated alkanes) is 1. The molecule has 2 heterocycles. The van der Waals surface area contributed by atoms with E-state index in [1.165, 1.54) is 16.3 Å². The van der Waals surface area contributed by atoms with Gasteiger partial charge in [0.1, 0.15) is 0 Å². The third-order valence-electron chi connectivity index (χ3n) is 4.00. The Morgan fingerprint density at radius 2 is 1.81 bits per heavy atom. The number of benzene rings is 1. The van der Waals surface area contributed by atoms with Crippen molar-refractivity contribution in [3.8, 4) is 5.69 Å². The Bertz CT molecular complexity index is 905. The molecule has 6 heteroatoms. The highest BCUT2D eigenvalue weighted by atomic mass is 16.1. The minimum Gasteiger partial charge on any atom is -0.352 e. The van der Waals surface area contributed by atoms with E-state index in [9.17, 15) is 9.59 Å². The van der Waals surface area contributed by atoms with E-state index in [2.05, 4.69) is 15.4 Å². The second-order valence-corrected chi connectivity index (χ2v) is 5.89. The van der Waals surface area contributed by atoms with Gasteiger partial charge in [-0.2, -0.15) is 9.78 Å². The van der Waals surface area contributed by atoms with Gasteiger partial charge in [-0.05, 0) is 55.2 Å². The summed E-state index contributed by atoms with van der Waals surface area (Å²) in [5, 5.41) is 6.96. The fraction of sp³-hybridized carbons (Fsp3) is 0.200. The van der Waals surface area contributed by atoms with E-state index in [0.29, 0.717) is 12.1 Å². The number of aryl methyl sites for hydroxylation is 1. The summed E-state index contributed by atoms with van der Waals surface area (Å²) in [5.41, 5.74) is 2.37. The van der Waals surface area contributed by atoms with Gasteiger partial charge in [-0.15, -0.1) is 0 Å². The van der Waals surface area contributed by atoms with Gasteiger partial charge >= 0.3 is 0 Å². The van der Waals surface area contributed by atoms with E-state index in [1.807, 2.05) is 24.3 Å². The highest BCUT2D eigenvalue weighted by molar-refractivity contribution is 5.93. The smallest absolute Gasteiger partial charge is 0.271 e. The lowest BCUT2D eigenvalue weighted by molar-refractivity contribution is 0.0952. The maximum atomic E-state index is 11.9. The second-order valence-electron chi connectivity index (χ2n) is 5.89. The second kappa shape index (κ2) is 8.71. The monoisotopic (exact) mass is 348 g/mol. The summed E-state index contributed by atoms with van der Waals surface area (Å²) in [6, 6.07) is 14.4. The molecule has 0 saturated heterocycles. The van der Waals surface area contributed by atoms with Crippen molar-refractivity contribution in [1.82, 2.24) is 20.1 Å². The summed E-state index contributed by atoms with van der Waals surface area (Å²) in [6.07, 6.45) is 7.58. The van der Waals surface area contributed by atoms with Crippen LogP contribution in [0.2, 0.25) is 0 Å². The molecule has 3 aromatic rings. The molecule has 0 aliphatic carbocycles. The predicted octanol–water partition coefficient (Wildman–Crippen LogP) is 2.38. The molecular formula is C20H20N4O2. The number of hydrogen-bond donors (Lipinski definition) is 1. The van der Waals surface area contributed by atoms with Crippen molar-refractivity contribution < 1.29 is 4.79 Å². The van der Waals surface area contributed by atoms with Gasteiger partial charge in [-0.25, -0.2) is 0 Å². The molecule has 0 spiro atoms. The molecule has 1 aromatic carbocycles. The molecule has 26 heavy (non-hydrogen) atoms. The lowest BCUT2D eigenvalue weighted by atomic mass is 10.1. The van der Waals surface area contributed by atoms with Gasteiger partial charge in [-0.3, -0.25) is 14.6 Å². The first-order valence-corrected chi connectivity index (χ1v) is 8.56. The number of carbonyl (C=O) groups is 1. The summed E-state index contributed by atoms with van der Waals surface area (Å²) >= 11 is 0. The molecule has 0 atom stereocenters. The zero-order valence-electron chi connectivity index (χ0n) is 14.3. The zero-order chi connectivity index (χ0) is 18.2. The molecule has 1 N–H and O–H groups in total. The van der Waals surface area contributed by atoms with Crippen molar-refractivity contribution in [2.75, 3.05) is 6.54 Å². The van der Waals surface area contributed by atoms with Crippen LogP contribution < -0.4 is 10.9 Å². The number of amides is 1. The molecule has 0 saturated carbocycles. The van der Waals surface area contributed by atoms with Gasteiger partial charge < -0.3 is 5.32 Å². The highest BCUT2D eigenvalue weighted by Crippen LogP contribution is 2.09. The molecule has 6 nitrogen and oxygen atoms in total. The summed E-state index contributed by atoms with van der Waals surface area (Å²) in [6.45, 7) is 0.634. The first kappa shape index (κ1) is 17.5. The molecule has 0 aliphatic heterocycles. The normalized spacial score (nSPS) is 10.5. The van der Waals surface area contributed by atoms with Crippen LogP contribution in [0.5, 0.6) is 0 Å². The number of rotatable bonds is 7. The molecule has 0 radical (unpaired) electrons. The maximum absolute atomic E-state index is 11.9. The Hall–Kier alpha value is -3.28. The quantitative estimate of drug-likeness (QED) is 0.665. The van der Waals surface area contributed by atoms with E-state index in [-0.39, 0.29) is 11.5 Å². The minimum absolute atomic E-state index is 0.0942. The van der Waals surface area contributed by atoms with E-state index in [0.717, 1.165) is 24.9 Å². The Morgan fingerprint density at radius 3 is 2.54 bits per heavy atom. The number of carbonyl (C=O) groups excluding carboxylic acids is 1. The van der Waals surface area contributed by atoms with Crippen LogP contribution >= 0.6 is 0 Å². The third kappa shape index (κ3) is 4.63. The first-order chi connectivity index (χ1) is 12.7. The average molecular weight is 348 g/mol. The van der Waals surface area contributed by atoms with Gasteiger partial charge in [-0.1, -0.05) is 12.1 Å². The molecule has 2 aromatic heterocycles. The average Bonchev–Trinajstić information content (AvgIpc) is 2.69. The molecule has 1 amide bonds. The molecule has 0 fully saturated rings. The zero-order valence-corrected chi connectivity index (χ0v) is 14.3. The summed E-state index contributed by atoms with van der Waals surface area (Å²) < 4.78 is 1.37. The molecular weight excluding hydrogens is 328 g/mol. The Morgan fingerprint density at radius 1 is 1.00 bits per heavy atom. The molecule has 3 rings (SSSR count). The fourth-order valence-electron chi connectivity index (χ4n) is 2.61. The number of pyridine rings is 1. The standard InChI is InChI=1S/C20H20N4O2/c25-19-7-4-14-23-24(19)18-10-8-16(9-11-18)5-1-2-13-22-20(26)17-6-3-12-21-15-17/h3-4,6-12,14-15H,1-2,5,13H2,(H,22,26). The van der Waals surface area contributed by atoms with Gasteiger partial charge in [0.15, 0.2) is 0 Å². The molecule has 0 unspecified atom stereocenters. The first-order valence-electron chi connectivity index (χ1n) is 8.56. The molecule has 132 valence electrons. The lowest BCUT2D eigenvalue weighted by Crippen LogP contribution is -2.24. The van der Waals surface area contributed by atoms with E-state index < -0.39 is 0 Å². The van der Waals surface area contributed by atoms with Gasteiger partial charge in [0, 0.05) is 31.2 Å². The summed E-state index contributed by atoms with van der Waals surface area (Å²) in [4.78, 5) is 27.6.